The molecule has 1 aliphatic heterocycles. The second kappa shape index (κ2) is 9.82. The predicted octanol–water partition coefficient (Wildman–Crippen LogP) is 3.68. The molecule has 30 heavy (non-hydrogen) atoms. The number of urea groups is 1. The van der Waals surface area contributed by atoms with Crippen molar-refractivity contribution >= 4 is 12.0 Å². The van der Waals surface area contributed by atoms with Crippen molar-refractivity contribution in [2.24, 2.45) is 0 Å². The predicted molar refractivity (Wildman–Crippen MR) is 112 cm³/mol. The number of esters is 1. The molecule has 0 fully saturated rings. The number of para-hydroxylation sites is 2. The number of ether oxygens (including phenoxy) is 3. The topological polar surface area (TPSA) is 77.1 Å². The van der Waals surface area contributed by atoms with Gasteiger partial charge in [-0.1, -0.05) is 36.4 Å². The highest BCUT2D eigenvalue weighted by molar-refractivity contribution is 5.95. The Hall–Kier alpha value is -3.48. The minimum atomic E-state index is -0.668. The van der Waals surface area contributed by atoms with Crippen molar-refractivity contribution in [2.75, 3.05) is 26.9 Å². The first kappa shape index (κ1) is 21.2. The summed E-state index contributed by atoms with van der Waals surface area (Å²) in [4.78, 5) is 26.8. The number of amides is 2. The van der Waals surface area contributed by atoms with E-state index in [-0.39, 0.29) is 19.2 Å². The van der Waals surface area contributed by atoms with E-state index in [4.69, 9.17) is 14.2 Å². The monoisotopic (exact) mass is 410 g/mol. The standard InChI is InChI=1S/C23H26N2O5/c1-4-28-19-13-9-8-12-18(19)21-20(16(2)25(3)23(27)24-21)22(26)30-15-14-29-17-10-6-5-7-11-17/h5-13,21H,4,14-15H2,1-3H3,(H,24,27). The van der Waals surface area contributed by atoms with Crippen LogP contribution in [0.1, 0.15) is 25.5 Å². The van der Waals surface area contributed by atoms with Gasteiger partial charge >= 0.3 is 12.0 Å². The van der Waals surface area contributed by atoms with Gasteiger partial charge in [0.15, 0.2) is 0 Å². The summed E-state index contributed by atoms with van der Waals surface area (Å²) < 4.78 is 16.7. The third-order valence-corrected chi connectivity index (χ3v) is 4.83. The van der Waals surface area contributed by atoms with Crippen LogP contribution in [0.25, 0.3) is 0 Å². The van der Waals surface area contributed by atoms with E-state index >= 15 is 0 Å². The lowest BCUT2D eigenvalue weighted by Crippen LogP contribution is -2.46. The average Bonchev–Trinajstić information content (AvgIpc) is 2.76. The minimum absolute atomic E-state index is 0.0853. The summed E-state index contributed by atoms with van der Waals surface area (Å²) in [6.07, 6.45) is 0. The molecule has 3 rings (SSSR count). The number of hydrogen-bond acceptors (Lipinski definition) is 5. The lowest BCUT2D eigenvalue weighted by Gasteiger charge is -2.33. The number of nitrogens with one attached hydrogen (secondary N) is 1. The Bertz CT molecular complexity index is 926. The maximum atomic E-state index is 13.0. The Morgan fingerprint density at radius 3 is 2.47 bits per heavy atom. The van der Waals surface area contributed by atoms with E-state index in [1.54, 1.807) is 14.0 Å². The van der Waals surface area contributed by atoms with Crippen molar-refractivity contribution < 1.29 is 23.8 Å². The molecule has 1 atom stereocenters. The molecule has 0 radical (unpaired) electrons. The number of benzene rings is 2. The molecule has 2 aromatic rings. The molecule has 158 valence electrons. The van der Waals surface area contributed by atoms with Crippen LogP contribution in [0.3, 0.4) is 0 Å². The molecule has 1 N–H and O–H groups in total. The van der Waals surface area contributed by atoms with Crippen LogP contribution in [0.2, 0.25) is 0 Å². The van der Waals surface area contributed by atoms with E-state index in [9.17, 15) is 9.59 Å². The van der Waals surface area contributed by atoms with Gasteiger partial charge in [0.1, 0.15) is 24.7 Å². The minimum Gasteiger partial charge on any atom is -0.494 e. The fraction of sp³-hybridized carbons (Fsp3) is 0.304. The molecule has 0 saturated heterocycles. The molecule has 1 heterocycles. The zero-order chi connectivity index (χ0) is 21.5. The van der Waals surface area contributed by atoms with Crippen molar-refractivity contribution in [3.8, 4) is 11.5 Å². The average molecular weight is 410 g/mol. The highest BCUT2D eigenvalue weighted by Gasteiger charge is 2.36. The lowest BCUT2D eigenvalue weighted by atomic mass is 9.94. The molecule has 7 heteroatoms. The van der Waals surface area contributed by atoms with Crippen LogP contribution >= 0.6 is 0 Å². The van der Waals surface area contributed by atoms with Gasteiger partial charge in [-0.05, 0) is 32.0 Å². The molecule has 0 saturated carbocycles. The maximum absolute atomic E-state index is 13.0. The van der Waals surface area contributed by atoms with Gasteiger partial charge in [-0.25, -0.2) is 9.59 Å². The number of hydrogen-bond donors (Lipinski definition) is 1. The first-order valence-electron chi connectivity index (χ1n) is 9.84. The van der Waals surface area contributed by atoms with Crippen LogP contribution in [0.15, 0.2) is 65.9 Å². The van der Waals surface area contributed by atoms with Crippen LogP contribution in [0.5, 0.6) is 11.5 Å². The van der Waals surface area contributed by atoms with Crippen LogP contribution in [0.4, 0.5) is 4.79 Å². The zero-order valence-electron chi connectivity index (χ0n) is 17.4. The quantitative estimate of drug-likeness (QED) is 0.531. The highest BCUT2D eigenvalue weighted by atomic mass is 16.6. The number of allylic oxidation sites excluding steroid dienone is 1. The summed E-state index contributed by atoms with van der Waals surface area (Å²) in [5.74, 6) is 0.810. The summed E-state index contributed by atoms with van der Waals surface area (Å²) in [6.45, 7) is 4.39. The van der Waals surface area contributed by atoms with E-state index in [0.717, 1.165) is 0 Å². The molecule has 0 aromatic heterocycles. The van der Waals surface area contributed by atoms with Gasteiger partial charge in [0, 0.05) is 18.3 Å². The highest BCUT2D eigenvalue weighted by Crippen LogP contribution is 2.35. The van der Waals surface area contributed by atoms with E-state index in [0.29, 0.717) is 34.9 Å². The van der Waals surface area contributed by atoms with E-state index in [1.165, 1.54) is 4.90 Å². The molecule has 7 nitrogen and oxygen atoms in total. The summed E-state index contributed by atoms with van der Waals surface area (Å²) >= 11 is 0. The molecule has 0 bridgehead atoms. The first-order valence-corrected chi connectivity index (χ1v) is 9.84. The van der Waals surface area contributed by atoms with Gasteiger partial charge in [-0.3, -0.25) is 0 Å². The fourth-order valence-corrected chi connectivity index (χ4v) is 3.23. The van der Waals surface area contributed by atoms with Crippen LogP contribution < -0.4 is 14.8 Å². The Balaban J connectivity index is 1.78. The smallest absolute Gasteiger partial charge is 0.338 e. The molecular formula is C23H26N2O5. The zero-order valence-corrected chi connectivity index (χ0v) is 17.4. The summed E-state index contributed by atoms with van der Waals surface area (Å²) in [7, 11) is 1.61. The van der Waals surface area contributed by atoms with Crippen LogP contribution in [0, 0.1) is 0 Å². The maximum Gasteiger partial charge on any atom is 0.338 e. The Kier molecular flexibility index (Phi) is 6.95. The number of carbonyl (C=O) groups is 2. The SMILES string of the molecule is CCOc1ccccc1C1NC(=O)N(C)C(C)=C1C(=O)OCCOc1ccccc1. The fourth-order valence-electron chi connectivity index (χ4n) is 3.23. The van der Waals surface area contributed by atoms with Crippen LogP contribution in [-0.4, -0.2) is 43.8 Å². The molecule has 1 aliphatic rings. The van der Waals surface area contributed by atoms with Crippen molar-refractivity contribution in [1.82, 2.24) is 10.2 Å². The molecule has 0 spiro atoms. The van der Waals surface area contributed by atoms with Gasteiger partial charge in [-0.15, -0.1) is 0 Å². The molecule has 2 amide bonds. The molecule has 2 aromatic carbocycles. The van der Waals surface area contributed by atoms with Gasteiger partial charge < -0.3 is 24.4 Å². The van der Waals surface area contributed by atoms with E-state index < -0.39 is 12.0 Å². The second-order valence-corrected chi connectivity index (χ2v) is 6.71. The Morgan fingerprint density at radius 1 is 1.03 bits per heavy atom. The van der Waals surface area contributed by atoms with Crippen LogP contribution in [-0.2, 0) is 9.53 Å². The third-order valence-electron chi connectivity index (χ3n) is 4.83. The molecule has 0 aliphatic carbocycles. The number of rotatable bonds is 8. The first-order chi connectivity index (χ1) is 14.5. The molecule has 1 unspecified atom stereocenters. The summed E-state index contributed by atoms with van der Waals surface area (Å²) in [6, 6.07) is 15.7. The molecular weight excluding hydrogens is 384 g/mol. The van der Waals surface area contributed by atoms with Gasteiger partial charge in [0.05, 0.1) is 18.2 Å². The van der Waals surface area contributed by atoms with E-state index in [2.05, 4.69) is 5.32 Å². The Labute approximate surface area is 176 Å². The number of nitrogens with zero attached hydrogens (tertiary/aromatic N) is 1. The largest absolute Gasteiger partial charge is 0.494 e. The normalized spacial score (nSPS) is 16.2. The van der Waals surface area contributed by atoms with Gasteiger partial charge in [0.2, 0.25) is 0 Å². The van der Waals surface area contributed by atoms with E-state index in [1.807, 2.05) is 61.5 Å². The van der Waals surface area contributed by atoms with Gasteiger partial charge in [-0.2, -0.15) is 0 Å². The summed E-state index contributed by atoms with van der Waals surface area (Å²) in [5.41, 5.74) is 1.60. The lowest BCUT2D eigenvalue weighted by molar-refractivity contribution is -0.140. The van der Waals surface area contributed by atoms with Gasteiger partial charge in [0.25, 0.3) is 0 Å². The number of carbonyl (C=O) groups excluding carboxylic acids is 2. The van der Waals surface area contributed by atoms with Crippen molar-refractivity contribution in [3.63, 3.8) is 0 Å². The van der Waals surface area contributed by atoms with Crippen molar-refractivity contribution in [3.05, 3.63) is 71.4 Å². The third kappa shape index (κ3) is 4.74. The Morgan fingerprint density at radius 2 is 1.73 bits per heavy atom. The van der Waals surface area contributed by atoms with Crippen molar-refractivity contribution in [1.29, 1.82) is 0 Å². The summed E-state index contributed by atoms with van der Waals surface area (Å²) in [5, 5.41) is 2.88. The van der Waals surface area contributed by atoms with Crippen molar-refractivity contribution in [2.45, 2.75) is 19.9 Å². The second-order valence-electron chi connectivity index (χ2n) is 6.71.